The van der Waals surface area contributed by atoms with Crippen LogP contribution in [0.5, 0.6) is 0 Å². The number of hydrogen-bond acceptors (Lipinski definition) is 2. The lowest BCUT2D eigenvalue weighted by molar-refractivity contribution is 0.221. The predicted octanol–water partition coefficient (Wildman–Crippen LogP) is 18.1. The first-order chi connectivity index (χ1) is 26.9. The molecule has 0 fully saturated rings. The van der Waals surface area contributed by atoms with Crippen molar-refractivity contribution in [3.8, 4) is 0 Å². The van der Waals surface area contributed by atoms with Gasteiger partial charge in [-0.15, -0.1) is 0 Å². The predicted molar refractivity (Wildman–Crippen MR) is 249 cm³/mol. The van der Waals surface area contributed by atoms with Crippen LogP contribution in [0.1, 0.15) is 259 Å². The highest BCUT2D eigenvalue weighted by atomic mass is 15.4. The molecule has 1 aromatic rings. The van der Waals surface area contributed by atoms with E-state index in [1.807, 2.05) is 0 Å². The molecule has 0 heterocycles. The molecule has 0 bridgehead atoms. The van der Waals surface area contributed by atoms with Crippen molar-refractivity contribution in [3.63, 3.8) is 0 Å². The Balaban J connectivity index is 2.24. The highest BCUT2D eigenvalue weighted by Crippen LogP contribution is 2.42. The van der Waals surface area contributed by atoms with Crippen LogP contribution in [0.25, 0.3) is 0 Å². The zero-order valence-corrected chi connectivity index (χ0v) is 38.1. The molecule has 318 valence electrons. The second-order valence-corrected chi connectivity index (χ2v) is 18.7. The summed E-state index contributed by atoms with van der Waals surface area (Å²) in [5, 5.41) is 0. The zero-order valence-electron chi connectivity index (χ0n) is 38.1. The van der Waals surface area contributed by atoms with Crippen molar-refractivity contribution < 1.29 is 0 Å². The topological polar surface area (TPSA) is 24.1 Å². The first-order valence-electron chi connectivity index (χ1n) is 24.9. The standard InChI is InChI=1S/C53H96N2/c1-7-11-15-19-23-28-34-47(5)44-48(35-29-24-20-16-12-8-2)45-49(36-30-25-21-17-13-9-3)46-53(6,43-33-26-22-18-14-10-4)50-39-41-52(42-40-50)55-54-51-37-31-27-32-38-51/h27,31,37,39-42,47-49,54-55H,7-26,28-30,32-36,38,43-46H2,1-6H3. The fourth-order valence-electron chi connectivity index (χ4n) is 9.61. The molecule has 0 radical (unpaired) electrons. The van der Waals surface area contributed by atoms with Gasteiger partial charge in [-0.2, -0.15) is 0 Å². The molecule has 55 heavy (non-hydrogen) atoms. The molecule has 0 amide bonds. The van der Waals surface area contributed by atoms with Gasteiger partial charge in [0.15, 0.2) is 0 Å². The second-order valence-electron chi connectivity index (χ2n) is 18.7. The minimum atomic E-state index is 0.231. The van der Waals surface area contributed by atoms with Crippen molar-refractivity contribution in [3.05, 3.63) is 53.8 Å². The molecule has 2 rings (SSSR count). The molecule has 4 unspecified atom stereocenters. The quantitative estimate of drug-likeness (QED) is 0.0518. The highest BCUT2D eigenvalue weighted by molar-refractivity contribution is 5.46. The SMILES string of the molecule is CCCCCCCCC(C)CC(CCCCCCCC)CC(CCCCCCCC)CC(C)(CCCCCCCC)c1ccc(NNC2=CC=CCC2)cc1. The van der Waals surface area contributed by atoms with Crippen LogP contribution in [0.15, 0.2) is 48.2 Å². The Labute approximate surface area is 345 Å². The van der Waals surface area contributed by atoms with Crippen LogP contribution in [-0.2, 0) is 5.41 Å². The number of unbranched alkanes of at least 4 members (excludes halogenated alkanes) is 20. The molecular formula is C53H96N2. The summed E-state index contributed by atoms with van der Waals surface area (Å²) in [7, 11) is 0. The van der Waals surface area contributed by atoms with E-state index < -0.39 is 0 Å². The summed E-state index contributed by atoms with van der Waals surface area (Å²) >= 11 is 0. The van der Waals surface area contributed by atoms with Crippen molar-refractivity contribution in [2.45, 2.75) is 259 Å². The number of allylic oxidation sites excluding steroid dienone is 4. The fourth-order valence-corrected chi connectivity index (χ4v) is 9.61. The molecule has 2 heteroatoms. The Morgan fingerprint density at radius 2 is 1.04 bits per heavy atom. The second kappa shape index (κ2) is 33.3. The third-order valence-corrected chi connectivity index (χ3v) is 13.2. The van der Waals surface area contributed by atoms with Gasteiger partial charge in [0, 0.05) is 5.70 Å². The summed E-state index contributed by atoms with van der Waals surface area (Å²) in [5.41, 5.74) is 11.2. The van der Waals surface area contributed by atoms with Crippen LogP contribution in [0.2, 0.25) is 0 Å². The van der Waals surface area contributed by atoms with Crippen molar-refractivity contribution in [1.29, 1.82) is 0 Å². The van der Waals surface area contributed by atoms with E-state index in [0.717, 1.165) is 30.6 Å². The largest absolute Gasteiger partial charge is 0.305 e. The first kappa shape index (κ1) is 49.4. The van der Waals surface area contributed by atoms with Crippen LogP contribution in [0.3, 0.4) is 0 Å². The third-order valence-electron chi connectivity index (χ3n) is 13.2. The van der Waals surface area contributed by atoms with Gasteiger partial charge in [-0.3, -0.25) is 0 Å². The molecule has 2 nitrogen and oxygen atoms in total. The Bertz CT molecular complexity index is 1050. The lowest BCUT2D eigenvalue weighted by Gasteiger charge is -2.36. The van der Waals surface area contributed by atoms with E-state index in [4.69, 9.17) is 0 Å². The van der Waals surface area contributed by atoms with E-state index in [-0.39, 0.29) is 5.41 Å². The Morgan fingerprint density at radius 3 is 1.56 bits per heavy atom. The van der Waals surface area contributed by atoms with Gasteiger partial charge in [-0.25, -0.2) is 0 Å². The molecule has 1 aromatic carbocycles. The molecule has 0 saturated heterocycles. The first-order valence-corrected chi connectivity index (χ1v) is 24.9. The fraction of sp³-hybridized carbons (Fsp3) is 0.811. The Morgan fingerprint density at radius 1 is 0.545 bits per heavy atom. The summed E-state index contributed by atoms with van der Waals surface area (Å²) in [6, 6.07) is 9.65. The Hall–Kier alpha value is -1.70. The van der Waals surface area contributed by atoms with E-state index in [0.29, 0.717) is 0 Å². The summed E-state index contributed by atoms with van der Waals surface area (Å²) in [5.74, 6) is 2.59. The van der Waals surface area contributed by atoms with Crippen LogP contribution in [-0.4, -0.2) is 0 Å². The van der Waals surface area contributed by atoms with E-state index in [9.17, 15) is 0 Å². The minimum absolute atomic E-state index is 0.231. The lowest BCUT2D eigenvalue weighted by Crippen LogP contribution is -2.27. The maximum Gasteiger partial charge on any atom is 0.0539 e. The summed E-state index contributed by atoms with van der Waals surface area (Å²) < 4.78 is 0. The van der Waals surface area contributed by atoms with Crippen molar-refractivity contribution in [2.24, 2.45) is 17.8 Å². The van der Waals surface area contributed by atoms with Crippen LogP contribution >= 0.6 is 0 Å². The van der Waals surface area contributed by atoms with Crippen LogP contribution < -0.4 is 10.9 Å². The number of hydrogen-bond donors (Lipinski definition) is 2. The number of anilines is 1. The molecule has 1 aliphatic carbocycles. The average Bonchev–Trinajstić information content (AvgIpc) is 3.19. The van der Waals surface area contributed by atoms with E-state index in [1.54, 1.807) is 5.56 Å². The molecule has 0 aliphatic heterocycles. The smallest absolute Gasteiger partial charge is 0.0539 e. The summed E-state index contributed by atoms with van der Waals surface area (Å²) in [6.07, 6.45) is 52.6. The van der Waals surface area contributed by atoms with E-state index in [2.05, 4.69) is 94.9 Å². The summed E-state index contributed by atoms with van der Waals surface area (Å²) in [4.78, 5) is 0. The average molecular weight is 761 g/mol. The molecule has 4 atom stereocenters. The number of rotatable bonds is 38. The number of benzene rings is 1. The molecule has 2 N–H and O–H groups in total. The van der Waals surface area contributed by atoms with Crippen LogP contribution in [0.4, 0.5) is 5.69 Å². The van der Waals surface area contributed by atoms with Gasteiger partial charge in [0.1, 0.15) is 0 Å². The maximum absolute atomic E-state index is 3.51. The third kappa shape index (κ3) is 24.6. The van der Waals surface area contributed by atoms with Gasteiger partial charge in [0.05, 0.1) is 5.69 Å². The van der Waals surface area contributed by atoms with Gasteiger partial charge in [-0.05, 0) is 85.5 Å². The highest BCUT2D eigenvalue weighted by Gasteiger charge is 2.31. The van der Waals surface area contributed by atoms with Gasteiger partial charge in [0.2, 0.25) is 0 Å². The van der Waals surface area contributed by atoms with Gasteiger partial charge >= 0.3 is 0 Å². The van der Waals surface area contributed by atoms with Gasteiger partial charge in [0.25, 0.3) is 0 Å². The maximum atomic E-state index is 3.51. The van der Waals surface area contributed by atoms with Crippen LogP contribution in [0, 0.1) is 17.8 Å². The van der Waals surface area contributed by atoms with Crippen molar-refractivity contribution in [2.75, 3.05) is 5.43 Å². The summed E-state index contributed by atoms with van der Waals surface area (Å²) in [6.45, 7) is 14.6. The number of hydrazine groups is 1. The van der Waals surface area contributed by atoms with Gasteiger partial charge in [-0.1, -0.05) is 239 Å². The zero-order chi connectivity index (χ0) is 39.7. The van der Waals surface area contributed by atoms with E-state index >= 15 is 0 Å². The molecule has 1 aliphatic rings. The molecule has 0 saturated carbocycles. The number of nitrogens with one attached hydrogen (secondary N) is 2. The monoisotopic (exact) mass is 761 g/mol. The van der Waals surface area contributed by atoms with Gasteiger partial charge < -0.3 is 10.9 Å². The van der Waals surface area contributed by atoms with Crippen molar-refractivity contribution in [1.82, 2.24) is 5.43 Å². The lowest BCUT2D eigenvalue weighted by atomic mass is 9.68. The minimum Gasteiger partial charge on any atom is -0.305 e. The molecule has 0 aromatic heterocycles. The Kier molecular flexibility index (Phi) is 29.9. The molecule has 0 spiro atoms. The molecular weight excluding hydrogens is 665 g/mol. The van der Waals surface area contributed by atoms with Crippen molar-refractivity contribution >= 4 is 5.69 Å². The van der Waals surface area contributed by atoms with E-state index in [1.165, 1.54) is 210 Å². The normalized spacial score (nSPS) is 15.7.